The second-order valence-corrected chi connectivity index (χ2v) is 8.24. The standard InChI is InChI=1S/C24H34N4O2S/c1-4-25-24(26-17-19-5-11-22(31-3)12-6-19)27-18-23(28-13-15-30-16-14-28)20-7-9-21(29-2)10-8-20/h5-12,23H,4,13-18H2,1-3H3,(H2,25,26,27). The zero-order valence-electron chi connectivity index (χ0n) is 18.8. The third-order valence-corrected chi connectivity index (χ3v) is 6.12. The number of aliphatic imine (C=N–C) groups is 1. The summed E-state index contributed by atoms with van der Waals surface area (Å²) in [5.74, 6) is 1.71. The van der Waals surface area contributed by atoms with Crippen LogP contribution in [0.1, 0.15) is 24.1 Å². The zero-order valence-corrected chi connectivity index (χ0v) is 19.6. The summed E-state index contributed by atoms with van der Waals surface area (Å²) in [6.07, 6.45) is 2.09. The molecule has 168 valence electrons. The first kappa shape index (κ1) is 23.4. The van der Waals surface area contributed by atoms with Crippen molar-refractivity contribution in [3.8, 4) is 5.75 Å². The van der Waals surface area contributed by atoms with Gasteiger partial charge in [0.25, 0.3) is 0 Å². The predicted molar refractivity (Wildman–Crippen MR) is 129 cm³/mol. The molecule has 1 aliphatic rings. The summed E-state index contributed by atoms with van der Waals surface area (Å²) in [4.78, 5) is 8.55. The highest BCUT2D eigenvalue weighted by Gasteiger charge is 2.23. The number of morpholine rings is 1. The van der Waals surface area contributed by atoms with Gasteiger partial charge in [-0.1, -0.05) is 24.3 Å². The molecule has 1 fully saturated rings. The van der Waals surface area contributed by atoms with Crippen LogP contribution in [0.15, 0.2) is 58.4 Å². The van der Waals surface area contributed by atoms with Crippen LogP contribution in [-0.2, 0) is 11.3 Å². The number of benzene rings is 2. The molecular formula is C24H34N4O2S. The van der Waals surface area contributed by atoms with Gasteiger partial charge >= 0.3 is 0 Å². The van der Waals surface area contributed by atoms with Crippen molar-refractivity contribution in [1.82, 2.24) is 15.5 Å². The molecule has 0 spiro atoms. The smallest absolute Gasteiger partial charge is 0.191 e. The van der Waals surface area contributed by atoms with Crippen LogP contribution in [-0.4, -0.2) is 63.6 Å². The average Bonchev–Trinajstić information content (AvgIpc) is 2.84. The van der Waals surface area contributed by atoms with Crippen LogP contribution in [0.4, 0.5) is 0 Å². The van der Waals surface area contributed by atoms with Crippen LogP contribution in [0, 0.1) is 0 Å². The third-order valence-electron chi connectivity index (χ3n) is 5.37. The molecule has 1 unspecified atom stereocenters. The van der Waals surface area contributed by atoms with E-state index in [0.29, 0.717) is 6.54 Å². The van der Waals surface area contributed by atoms with Crippen LogP contribution in [0.25, 0.3) is 0 Å². The van der Waals surface area contributed by atoms with Gasteiger partial charge in [0.05, 0.1) is 32.9 Å². The van der Waals surface area contributed by atoms with Gasteiger partial charge in [0.1, 0.15) is 5.75 Å². The van der Waals surface area contributed by atoms with Crippen molar-refractivity contribution in [2.45, 2.75) is 24.4 Å². The first-order valence-corrected chi connectivity index (χ1v) is 12.1. The summed E-state index contributed by atoms with van der Waals surface area (Å²) in [5, 5.41) is 6.93. The second-order valence-electron chi connectivity index (χ2n) is 7.36. The molecule has 2 aromatic rings. The number of methoxy groups -OCH3 is 1. The van der Waals surface area contributed by atoms with Gasteiger partial charge in [0.15, 0.2) is 5.96 Å². The van der Waals surface area contributed by atoms with Gasteiger partial charge in [0, 0.05) is 31.1 Å². The van der Waals surface area contributed by atoms with Crippen LogP contribution in [0.3, 0.4) is 0 Å². The van der Waals surface area contributed by atoms with Crippen LogP contribution in [0.2, 0.25) is 0 Å². The molecule has 0 aromatic heterocycles. The van der Waals surface area contributed by atoms with E-state index < -0.39 is 0 Å². The Hall–Kier alpha value is -2.22. The largest absolute Gasteiger partial charge is 0.497 e. The summed E-state index contributed by atoms with van der Waals surface area (Å²) < 4.78 is 10.9. The number of hydrogen-bond acceptors (Lipinski definition) is 5. The Morgan fingerprint density at radius 3 is 2.42 bits per heavy atom. The average molecular weight is 443 g/mol. The van der Waals surface area contributed by atoms with E-state index in [2.05, 4.69) is 65.1 Å². The van der Waals surface area contributed by atoms with Crippen molar-refractivity contribution in [2.75, 3.05) is 52.8 Å². The molecule has 1 heterocycles. The predicted octanol–water partition coefficient (Wildman–Crippen LogP) is 3.55. The molecule has 7 heteroatoms. The van der Waals surface area contributed by atoms with Crippen molar-refractivity contribution < 1.29 is 9.47 Å². The first-order valence-electron chi connectivity index (χ1n) is 10.8. The topological polar surface area (TPSA) is 58.1 Å². The first-order chi connectivity index (χ1) is 15.2. The molecule has 0 saturated carbocycles. The highest BCUT2D eigenvalue weighted by atomic mass is 32.2. The Kier molecular flexibility index (Phi) is 9.52. The van der Waals surface area contributed by atoms with Crippen LogP contribution >= 0.6 is 11.8 Å². The van der Waals surface area contributed by atoms with Crippen LogP contribution in [0.5, 0.6) is 5.75 Å². The molecule has 3 rings (SSSR count). The molecule has 31 heavy (non-hydrogen) atoms. The molecule has 2 N–H and O–H groups in total. The number of guanidine groups is 1. The van der Waals surface area contributed by atoms with Crippen LogP contribution < -0.4 is 15.4 Å². The van der Waals surface area contributed by atoms with E-state index in [0.717, 1.165) is 51.1 Å². The van der Waals surface area contributed by atoms with Crippen molar-refractivity contribution >= 4 is 17.7 Å². The summed E-state index contributed by atoms with van der Waals surface area (Å²) >= 11 is 1.75. The highest BCUT2D eigenvalue weighted by Crippen LogP contribution is 2.23. The molecule has 1 aliphatic heterocycles. The van der Waals surface area contributed by atoms with E-state index in [-0.39, 0.29) is 6.04 Å². The quantitative estimate of drug-likeness (QED) is 0.352. The molecule has 0 bridgehead atoms. The highest BCUT2D eigenvalue weighted by molar-refractivity contribution is 7.98. The van der Waals surface area contributed by atoms with E-state index in [9.17, 15) is 0 Å². The van der Waals surface area contributed by atoms with Gasteiger partial charge in [-0.25, -0.2) is 4.99 Å². The number of ether oxygens (including phenoxy) is 2. The summed E-state index contributed by atoms with van der Waals surface area (Å²) in [6.45, 7) is 7.72. The van der Waals surface area contributed by atoms with Crippen molar-refractivity contribution in [3.05, 3.63) is 59.7 Å². The maximum Gasteiger partial charge on any atom is 0.191 e. The lowest BCUT2D eigenvalue weighted by atomic mass is 10.0. The Balaban J connectivity index is 1.69. The molecule has 6 nitrogen and oxygen atoms in total. The molecule has 1 saturated heterocycles. The molecule has 2 aromatic carbocycles. The minimum Gasteiger partial charge on any atom is -0.497 e. The zero-order chi connectivity index (χ0) is 21.9. The van der Waals surface area contributed by atoms with Crippen molar-refractivity contribution in [1.29, 1.82) is 0 Å². The number of nitrogens with zero attached hydrogens (tertiary/aromatic N) is 2. The Morgan fingerprint density at radius 1 is 1.10 bits per heavy atom. The molecule has 0 amide bonds. The molecule has 0 aliphatic carbocycles. The molecule has 0 radical (unpaired) electrons. The monoisotopic (exact) mass is 442 g/mol. The number of rotatable bonds is 9. The minimum absolute atomic E-state index is 0.236. The Morgan fingerprint density at radius 2 is 1.81 bits per heavy atom. The fourth-order valence-electron chi connectivity index (χ4n) is 3.61. The minimum atomic E-state index is 0.236. The third kappa shape index (κ3) is 7.16. The SMILES string of the molecule is CCNC(=NCc1ccc(SC)cc1)NCC(c1ccc(OC)cc1)N1CCOCC1. The van der Waals surface area contributed by atoms with Gasteiger partial charge in [0.2, 0.25) is 0 Å². The van der Waals surface area contributed by atoms with E-state index in [4.69, 9.17) is 14.5 Å². The molecular weight excluding hydrogens is 408 g/mol. The maximum absolute atomic E-state index is 5.57. The van der Waals surface area contributed by atoms with Gasteiger partial charge in [-0.3, -0.25) is 4.90 Å². The van der Waals surface area contributed by atoms with Gasteiger partial charge < -0.3 is 20.1 Å². The van der Waals surface area contributed by atoms with Crippen molar-refractivity contribution in [3.63, 3.8) is 0 Å². The number of hydrogen-bond donors (Lipinski definition) is 2. The van der Waals surface area contributed by atoms with Gasteiger partial charge in [-0.2, -0.15) is 0 Å². The molecule has 1 atom stereocenters. The normalized spacial score (nSPS) is 16.0. The lowest BCUT2D eigenvalue weighted by Crippen LogP contribution is -2.46. The lowest BCUT2D eigenvalue weighted by Gasteiger charge is -2.35. The summed E-state index contributed by atoms with van der Waals surface area (Å²) in [6, 6.07) is 17.2. The Bertz CT molecular complexity index is 805. The lowest BCUT2D eigenvalue weighted by molar-refractivity contribution is 0.0170. The van der Waals surface area contributed by atoms with Gasteiger partial charge in [-0.05, 0) is 48.6 Å². The maximum atomic E-state index is 5.57. The Labute approximate surface area is 190 Å². The fourth-order valence-corrected chi connectivity index (χ4v) is 4.02. The van der Waals surface area contributed by atoms with Crippen molar-refractivity contribution in [2.24, 2.45) is 4.99 Å². The van der Waals surface area contributed by atoms with E-state index in [1.165, 1.54) is 16.0 Å². The van der Waals surface area contributed by atoms with E-state index in [1.54, 1.807) is 18.9 Å². The van der Waals surface area contributed by atoms with E-state index in [1.807, 2.05) is 12.1 Å². The summed E-state index contributed by atoms with van der Waals surface area (Å²) in [7, 11) is 1.70. The fraction of sp³-hybridized carbons (Fsp3) is 0.458. The second kappa shape index (κ2) is 12.6. The number of thioether (sulfide) groups is 1. The van der Waals surface area contributed by atoms with Gasteiger partial charge in [-0.15, -0.1) is 11.8 Å². The summed E-state index contributed by atoms with van der Waals surface area (Å²) in [5.41, 5.74) is 2.47. The number of nitrogens with one attached hydrogen (secondary N) is 2. The van der Waals surface area contributed by atoms with E-state index >= 15 is 0 Å².